The fourth-order valence-corrected chi connectivity index (χ4v) is 3.30. The standard InChI is InChI=1S/C17H20ClN3O3S/c1-21(2)11-10-19-25(23,24)14-7-5-6-13(12-14)17(22)20-16-9-4-3-8-15(16)18/h3-9,12,19H,10-11H2,1-2H3,(H,20,22). The maximum Gasteiger partial charge on any atom is 0.255 e. The summed E-state index contributed by atoms with van der Waals surface area (Å²) in [4.78, 5) is 14.3. The van der Waals surface area contributed by atoms with E-state index in [0.29, 0.717) is 17.3 Å². The number of likely N-dealkylation sites (N-methyl/N-ethyl adjacent to an activating group) is 1. The monoisotopic (exact) mass is 381 g/mol. The van der Waals surface area contributed by atoms with Crippen LogP contribution in [0.15, 0.2) is 53.4 Å². The molecule has 0 aliphatic carbocycles. The summed E-state index contributed by atoms with van der Waals surface area (Å²) in [5.74, 6) is -0.432. The van der Waals surface area contributed by atoms with Crippen molar-refractivity contribution in [2.75, 3.05) is 32.5 Å². The van der Waals surface area contributed by atoms with Crippen molar-refractivity contribution in [3.05, 3.63) is 59.1 Å². The molecule has 2 aromatic carbocycles. The lowest BCUT2D eigenvalue weighted by molar-refractivity contribution is 0.102. The van der Waals surface area contributed by atoms with Crippen LogP contribution < -0.4 is 10.0 Å². The molecule has 2 rings (SSSR count). The van der Waals surface area contributed by atoms with Gasteiger partial charge in [0.15, 0.2) is 0 Å². The van der Waals surface area contributed by atoms with E-state index in [-0.39, 0.29) is 17.0 Å². The first-order valence-electron chi connectivity index (χ1n) is 7.60. The Morgan fingerprint density at radius 3 is 2.52 bits per heavy atom. The van der Waals surface area contributed by atoms with Crippen LogP contribution in [0.4, 0.5) is 5.69 Å². The lowest BCUT2D eigenvalue weighted by atomic mass is 10.2. The van der Waals surface area contributed by atoms with Crippen LogP contribution in [0.2, 0.25) is 5.02 Å². The average Bonchev–Trinajstić information content (AvgIpc) is 2.56. The molecule has 0 aliphatic heterocycles. The minimum absolute atomic E-state index is 0.0399. The molecule has 0 aromatic heterocycles. The van der Waals surface area contributed by atoms with Crippen molar-refractivity contribution in [2.24, 2.45) is 0 Å². The van der Waals surface area contributed by atoms with Crippen LogP contribution in [0.3, 0.4) is 0 Å². The van der Waals surface area contributed by atoms with Gasteiger partial charge in [-0.15, -0.1) is 0 Å². The van der Waals surface area contributed by atoms with Crippen molar-refractivity contribution in [3.63, 3.8) is 0 Å². The molecule has 0 atom stereocenters. The summed E-state index contributed by atoms with van der Waals surface area (Å²) >= 11 is 6.02. The highest BCUT2D eigenvalue weighted by atomic mass is 35.5. The number of carbonyl (C=O) groups excluding carboxylic acids is 1. The van der Waals surface area contributed by atoms with E-state index < -0.39 is 15.9 Å². The second kappa shape index (κ2) is 8.44. The minimum atomic E-state index is -3.68. The van der Waals surface area contributed by atoms with Crippen LogP contribution in [-0.2, 0) is 10.0 Å². The molecule has 0 saturated carbocycles. The van der Waals surface area contributed by atoms with E-state index in [1.54, 1.807) is 30.3 Å². The van der Waals surface area contributed by atoms with Gasteiger partial charge in [0.25, 0.3) is 5.91 Å². The third-order valence-electron chi connectivity index (χ3n) is 3.38. The molecule has 25 heavy (non-hydrogen) atoms. The average molecular weight is 382 g/mol. The van der Waals surface area contributed by atoms with Crippen LogP contribution in [0.25, 0.3) is 0 Å². The third kappa shape index (κ3) is 5.54. The van der Waals surface area contributed by atoms with Crippen molar-refractivity contribution in [2.45, 2.75) is 4.90 Å². The summed E-state index contributed by atoms with van der Waals surface area (Å²) in [6.07, 6.45) is 0. The third-order valence-corrected chi connectivity index (χ3v) is 5.17. The Hall–Kier alpha value is -1.93. The first kappa shape index (κ1) is 19.4. The van der Waals surface area contributed by atoms with Crippen molar-refractivity contribution in [3.8, 4) is 0 Å². The zero-order valence-electron chi connectivity index (χ0n) is 14.0. The maximum absolute atomic E-state index is 12.4. The summed E-state index contributed by atoms with van der Waals surface area (Å²) in [5, 5.41) is 3.08. The molecule has 0 aliphatic rings. The number of hydrogen-bond acceptors (Lipinski definition) is 4. The van der Waals surface area contributed by atoms with Crippen LogP contribution in [0.5, 0.6) is 0 Å². The SMILES string of the molecule is CN(C)CCNS(=O)(=O)c1cccc(C(=O)Nc2ccccc2Cl)c1. The van der Waals surface area contributed by atoms with Crippen molar-refractivity contribution < 1.29 is 13.2 Å². The van der Waals surface area contributed by atoms with E-state index in [1.807, 2.05) is 19.0 Å². The summed E-state index contributed by atoms with van der Waals surface area (Å²) in [6, 6.07) is 12.7. The molecule has 0 bridgehead atoms. The molecule has 0 radical (unpaired) electrons. The Balaban J connectivity index is 2.15. The van der Waals surface area contributed by atoms with Gasteiger partial charge in [0, 0.05) is 18.7 Å². The van der Waals surface area contributed by atoms with E-state index >= 15 is 0 Å². The number of hydrogen-bond donors (Lipinski definition) is 2. The Kier molecular flexibility index (Phi) is 6.55. The summed E-state index contributed by atoms with van der Waals surface area (Å²) in [7, 11) is 0.0345. The first-order chi connectivity index (χ1) is 11.8. The van der Waals surface area contributed by atoms with Crippen molar-refractivity contribution in [1.82, 2.24) is 9.62 Å². The highest BCUT2D eigenvalue weighted by molar-refractivity contribution is 7.89. The van der Waals surface area contributed by atoms with Gasteiger partial charge in [-0.3, -0.25) is 4.79 Å². The molecule has 2 N–H and O–H groups in total. The molecule has 0 unspecified atom stereocenters. The number of sulfonamides is 1. The summed E-state index contributed by atoms with van der Waals surface area (Å²) in [6.45, 7) is 0.858. The first-order valence-corrected chi connectivity index (χ1v) is 9.46. The molecular formula is C17H20ClN3O3S. The van der Waals surface area contributed by atoms with Crippen LogP contribution in [0.1, 0.15) is 10.4 Å². The molecule has 6 nitrogen and oxygen atoms in total. The Morgan fingerprint density at radius 1 is 1.12 bits per heavy atom. The molecule has 0 saturated heterocycles. The normalized spacial score (nSPS) is 11.5. The predicted molar refractivity (Wildman–Crippen MR) is 99.6 cm³/mol. The van der Waals surface area contributed by atoms with Gasteiger partial charge in [0.1, 0.15) is 0 Å². The number of carbonyl (C=O) groups is 1. The second-order valence-corrected chi connectivity index (χ2v) is 7.84. The van der Waals surface area contributed by atoms with Gasteiger partial charge in [0.05, 0.1) is 15.6 Å². The summed E-state index contributed by atoms with van der Waals surface area (Å²) in [5.41, 5.74) is 0.696. The summed E-state index contributed by atoms with van der Waals surface area (Å²) < 4.78 is 27.1. The topological polar surface area (TPSA) is 78.5 Å². The molecule has 2 aromatic rings. The van der Waals surface area contributed by atoms with Crippen LogP contribution >= 0.6 is 11.6 Å². The van der Waals surface area contributed by atoms with E-state index in [1.165, 1.54) is 18.2 Å². The fourth-order valence-electron chi connectivity index (χ4n) is 2.05. The Morgan fingerprint density at radius 2 is 1.84 bits per heavy atom. The molecule has 0 spiro atoms. The van der Waals surface area contributed by atoms with Gasteiger partial charge >= 0.3 is 0 Å². The smallest absolute Gasteiger partial charge is 0.255 e. The molecule has 1 amide bonds. The Bertz CT molecular complexity index is 854. The number of halogens is 1. The van der Waals surface area contributed by atoms with Crippen molar-refractivity contribution in [1.29, 1.82) is 0 Å². The van der Waals surface area contributed by atoms with Gasteiger partial charge in [-0.05, 0) is 44.4 Å². The number of rotatable bonds is 7. The Labute approximate surface area is 152 Å². The highest BCUT2D eigenvalue weighted by Gasteiger charge is 2.16. The van der Waals surface area contributed by atoms with E-state index in [0.717, 1.165) is 0 Å². The molecule has 134 valence electrons. The lowest BCUT2D eigenvalue weighted by Gasteiger charge is -2.12. The van der Waals surface area contributed by atoms with Gasteiger partial charge < -0.3 is 10.2 Å². The van der Waals surface area contributed by atoms with Gasteiger partial charge in [-0.1, -0.05) is 29.8 Å². The zero-order chi connectivity index (χ0) is 18.4. The van der Waals surface area contributed by atoms with E-state index in [9.17, 15) is 13.2 Å². The minimum Gasteiger partial charge on any atom is -0.321 e. The van der Waals surface area contributed by atoms with Gasteiger partial charge in [-0.2, -0.15) is 0 Å². The van der Waals surface area contributed by atoms with E-state index in [2.05, 4.69) is 10.0 Å². The highest BCUT2D eigenvalue weighted by Crippen LogP contribution is 2.21. The molecule has 0 fully saturated rings. The van der Waals surface area contributed by atoms with Gasteiger partial charge in [0.2, 0.25) is 10.0 Å². The number of nitrogens with one attached hydrogen (secondary N) is 2. The molecule has 8 heteroatoms. The number of nitrogens with zero attached hydrogens (tertiary/aromatic N) is 1. The molecular weight excluding hydrogens is 362 g/mol. The number of benzene rings is 2. The van der Waals surface area contributed by atoms with Crippen molar-refractivity contribution >= 4 is 33.2 Å². The van der Waals surface area contributed by atoms with E-state index in [4.69, 9.17) is 11.6 Å². The van der Waals surface area contributed by atoms with Gasteiger partial charge in [-0.25, -0.2) is 13.1 Å². The van der Waals surface area contributed by atoms with Crippen LogP contribution in [0, 0.1) is 0 Å². The largest absolute Gasteiger partial charge is 0.321 e. The quantitative estimate of drug-likeness (QED) is 0.772. The fraction of sp³-hybridized carbons (Fsp3) is 0.235. The number of anilines is 1. The predicted octanol–water partition coefficient (Wildman–Crippen LogP) is 2.43. The van der Waals surface area contributed by atoms with Crippen LogP contribution in [-0.4, -0.2) is 46.4 Å². The number of amides is 1. The zero-order valence-corrected chi connectivity index (χ0v) is 15.6. The lowest BCUT2D eigenvalue weighted by Crippen LogP contribution is -2.31. The second-order valence-electron chi connectivity index (χ2n) is 5.66. The number of para-hydroxylation sites is 1. The maximum atomic E-state index is 12.4. The molecule has 0 heterocycles.